The van der Waals surface area contributed by atoms with Gasteiger partial charge in [-0.05, 0) is 42.9 Å². The fraction of sp³-hybridized carbons (Fsp3) is 0.391. The number of pyridine rings is 1. The van der Waals surface area contributed by atoms with E-state index in [-0.39, 0.29) is 11.5 Å². The van der Waals surface area contributed by atoms with Crippen molar-refractivity contribution < 1.29 is 4.79 Å². The SMILES string of the molecule is C=CCN1C(=O)/C(=C\c2c(N3C[C@@H](C)C[C@H](C)C3)nc3ccc(C)cn3c2=O)SC1=S. The van der Waals surface area contributed by atoms with Crippen LogP contribution in [0.25, 0.3) is 11.7 Å². The smallest absolute Gasteiger partial charge is 0.267 e. The van der Waals surface area contributed by atoms with E-state index in [2.05, 4.69) is 25.3 Å². The third-order valence-corrected chi connectivity index (χ3v) is 6.99. The molecular weight excluding hydrogens is 428 g/mol. The Kier molecular flexibility index (Phi) is 6.03. The molecule has 1 amide bonds. The number of amides is 1. The van der Waals surface area contributed by atoms with E-state index in [4.69, 9.17) is 17.2 Å². The topological polar surface area (TPSA) is 57.9 Å². The summed E-state index contributed by atoms with van der Waals surface area (Å²) in [6.45, 7) is 12.1. The molecule has 0 aromatic carbocycles. The maximum atomic E-state index is 13.6. The fourth-order valence-corrected chi connectivity index (χ4v) is 5.62. The summed E-state index contributed by atoms with van der Waals surface area (Å²) in [5.74, 6) is 1.44. The largest absolute Gasteiger partial charge is 0.355 e. The van der Waals surface area contributed by atoms with Crippen LogP contribution in [-0.4, -0.2) is 44.1 Å². The Hall–Kier alpha value is -2.45. The number of aromatic nitrogens is 2. The van der Waals surface area contributed by atoms with E-state index in [1.807, 2.05) is 19.1 Å². The Morgan fingerprint density at radius 3 is 2.65 bits per heavy atom. The molecule has 6 nitrogen and oxygen atoms in total. The summed E-state index contributed by atoms with van der Waals surface area (Å²) in [5, 5.41) is 0. The Morgan fingerprint density at radius 1 is 1.26 bits per heavy atom. The van der Waals surface area contributed by atoms with Crippen LogP contribution in [-0.2, 0) is 4.79 Å². The van der Waals surface area contributed by atoms with Crippen molar-refractivity contribution in [1.82, 2.24) is 14.3 Å². The molecule has 162 valence electrons. The molecule has 2 saturated heterocycles. The van der Waals surface area contributed by atoms with Crippen molar-refractivity contribution in [2.45, 2.75) is 27.2 Å². The minimum absolute atomic E-state index is 0.177. The van der Waals surface area contributed by atoms with Crippen molar-refractivity contribution in [1.29, 1.82) is 0 Å². The molecule has 0 N–H and O–H groups in total. The number of hydrogen-bond acceptors (Lipinski definition) is 6. The Morgan fingerprint density at radius 2 is 1.97 bits per heavy atom. The lowest BCUT2D eigenvalue weighted by molar-refractivity contribution is -0.121. The van der Waals surface area contributed by atoms with E-state index in [9.17, 15) is 9.59 Å². The molecule has 8 heteroatoms. The number of carbonyl (C=O) groups is 1. The number of fused-ring (bicyclic) bond motifs is 1. The summed E-state index contributed by atoms with van der Waals surface area (Å²) in [4.78, 5) is 35.5. The summed E-state index contributed by atoms with van der Waals surface area (Å²) >= 11 is 6.58. The fourth-order valence-electron chi connectivity index (χ4n) is 4.37. The molecule has 2 aliphatic rings. The third kappa shape index (κ3) is 4.19. The molecule has 0 bridgehead atoms. The van der Waals surface area contributed by atoms with Gasteiger partial charge in [0.2, 0.25) is 0 Å². The van der Waals surface area contributed by atoms with Crippen molar-refractivity contribution >= 4 is 51.7 Å². The molecule has 0 aliphatic carbocycles. The number of nitrogens with zero attached hydrogens (tertiary/aromatic N) is 4. The summed E-state index contributed by atoms with van der Waals surface area (Å²) < 4.78 is 2.04. The van der Waals surface area contributed by atoms with Gasteiger partial charge in [-0.2, -0.15) is 0 Å². The van der Waals surface area contributed by atoms with Gasteiger partial charge in [-0.15, -0.1) is 6.58 Å². The molecule has 2 atom stereocenters. The van der Waals surface area contributed by atoms with E-state index in [1.165, 1.54) is 16.7 Å². The molecule has 2 aliphatic heterocycles. The lowest BCUT2D eigenvalue weighted by atomic mass is 9.91. The number of piperidine rings is 1. The van der Waals surface area contributed by atoms with Crippen LogP contribution in [0, 0.1) is 18.8 Å². The maximum Gasteiger partial charge on any atom is 0.267 e. The first-order valence-corrected chi connectivity index (χ1v) is 11.6. The van der Waals surface area contributed by atoms with Gasteiger partial charge in [-0.25, -0.2) is 4.98 Å². The van der Waals surface area contributed by atoms with E-state index in [0.717, 1.165) is 25.1 Å². The van der Waals surface area contributed by atoms with Gasteiger partial charge in [0.25, 0.3) is 11.5 Å². The van der Waals surface area contributed by atoms with E-state index >= 15 is 0 Å². The second-order valence-corrected chi connectivity index (χ2v) is 10.2. The van der Waals surface area contributed by atoms with Gasteiger partial charge in [0, 0.05) is 25.8 Å². The molecule has 0 unspecified atom stereocenters. The lowest BCUT2D eigenvalue weighted by Gasteiger charge is -2.36. The van der Waals surface area contributed by atoms with Crippen LogP contribution >= 0.6 is 24.0 Å². The number of carbonyl (C=O) groups excluding carboxylic acids is 1. The van der Waals surface area contributed by atoms with Gasteiger partial charge < -0.3 is 4.90 Å². The van der Waals surface area contributed by atoms with Gasteiger partial charge in [0.15, 0.2) is 0 Å². The number of thioether (sulfide) groups is 1. The summed E-state index contributed by atoms with van der Waals surface area (Å²) in [6.07, 6.45) is 6.25. The molecular formula is C23H26N4O2S2. The van der Waals surface area contributed by atoms with Crippen LogP contribution in [0.1, 0.15) is 31.4 Å². The molecule has 0 saturated carbocycles. The zero-order valence-electron chi connectivity index (χ0n) is 18.0. The standard InChI is InChI=1S/C23H26N4O2S2/c1-5-8-26-22(29)18(31-23(26)30)10-17-20(25-11-15(3)9-16(4)12-25)24-19-7-6-14(2)13-27(19)21(17)28/h5-7,10,13,15-16H,1,8-9,11-12H2,2-4H3/b18-10+/t15-,16-/m0/s1. The van der Waals surface area contributed by atoms with Crippen LogP contribution < -0.4 is 10.5 Å². The first-order valence-electron chi connectivity index (χ1n) is 10.4. The van der Waals surface area contributed by atoms with Crippen molar-refractivity contribution in [3.05, 3.63) is 57.4 Å². The van der Waals surface area contributed by atoms with Gasteiger partial charge in [-0.1, -0.05) is 50.0 Å². The average Bonchev–Trinajstić information content (AvgIpc) is 2.97. The highest BCUT2D eigenvalue weighted by Gasteiger charge is 2.33. The lowest BCUT2D eigenvalue weighted by Crippen LogP contribution is -2.40. The first-order chi connectivity index (χ1) is 14.8. The van der Waals surface area contributed by atoms with Gasteiger partial charge in [-0.3, -0.25) is 18.9 Å². The van der Waals surface area contributed by atoms with Crippen LogP contribution in [0.5, 0.6) is 0 Å². The molecule has 0 spiro atoms. The number of thiocarbonyl (C=S) groups is 1. The molecule has 0 radical (unpaired) electrons. The highest BCUT2D eigenvalue weighted by atomic mass is 32.2. The van der Waals surface area contributed by atoms with Gasteiger partial charge in [0.1, 0.15) is 15.8 Å². The Labute approximate surface area is 191 Å². The average molecular weight is 455 g/mol. The van der Waals surface area contributed by atoms with Crippen molar-refractivity contribution in [3.63, 3.8) is 0 Å². The van der Waals surface area contributed by atoms with Crippen LogP contribution in [0.15, 0.2) is 40.7 Å². The molecule has 4 rings (SSSR count). The minimum atomic E-state index is -0.199. The quantitative estimate of drug-likeness (QED) is 0.397. The molecule has 31 heavy (non-hydrogen) atoms. The van der Waals surface area contributed by atoms with E-state index in [0.29, 0.717) is 44.6 Å². The second kappa shape index (κ2) is 8.59. The van der Waals surface area contributed by atoms with Crippen molar-refractivity contribution in [2.75, 3.05) is 24.5 Å². The minimum Gasteiger partial charge on any atom is -0.355 e. The van der Waals surface area contributed by atoms with Crippen LogP contribution in [0.3, 0.4) is 0 Å². The number of anilines is 1. The number of aryl methyl sites for hydroxylation is 1. The van der Waals surface area contributed by atoms with Crippen molar-refractivity contribution in [3.8, 4) is 0 Å². The normalized spacial score (nSPS) is 23.3. The Balaban J connectivity index is 1.89. The molecule has 2 fully saturated rings. The summed E-state index contributed by atoms with van der Waals surface area (Å²) in [7, 11) is 0. The Bertz CT molecular complexity index is 1160. The monoisotopic (exact) mass is 454 g/mol. The molecule has 2 aromatic rings. The predicted molar refractivity (Wildman–Crippen MR) is 131 cm³/mol. The number of rotatable bonds is 4. The molecule has 4 heterocycles. The first kappa shape index (κ1) is 21.8. The number of hydrogen-bond donors (Lipinski definition) is 0. The highest BCUT2D eigenvalue weighted by molar-refractivity contribution is 8.26. The van der Waals surface area contributed by atoms with Crippen molar-refractivity contribution in [2.24, 2.45) is 11.8 Å². The van der Waals surface area contributed by atoms with Crippen LogP contribution in [0.2, 0.25) is 0 Å². The van der Waals surface area contributed by atoms with E-state index < -0.39 is 0 Å². The second-order valence-electron chi connectivity index (χ2n) is 8.52. The molecule has 2 aromatic heterocycles. The van der Waals surface area contributed by atoms with Gasteiger partial charge in [0.05, 0.1) is 10.5 Å². The highest BCUT2D eigenvalue weighted by Crippen LogP contribution is 2.34. The van der Waals surface area contributed by atoms with Gasteiger partial charge >= 0.3 is 0 Å². The van der Waals surface area contributed by atoms with E-state index in [1.54, 1.807) is 22.7 Å². The third-order valence-electron chi connectivity index (χ3n) is 5.61. The zero-order valence-corrected chi connectivity index (χ0v) is 19.6. The van der Waals surface area contributed by atoms with Crippen LogP contribution in [0.4, 0.5) is 5.82 Å². The zero-order chi connectivity index (χ0) is 22.3. The summed E-state index contributed by atoms with van der Waals surface area (Å²) in [6, 6.07) is 3.82. The predicted octanol–water partition coefficient (Wildman–Crippen LogP) is 3.87. The maximum absolute atomic E-state index is 13.6. The summed E-state index contributed by atoms with van der Waals surface area (Å²) in [5.41, 5.74) is 1.83.